The fraction of sp³-hybridized carbons (Fsp3) is 0.478. The number of aromatic nitrogens is 2. The average molecular weight is 450 g/mol. The van der Waals surface area contributed by atoms with Crippen LogP contribution in [-0.4, -0.2) is 77.8 Å². The normalized spacial score (nSPS) is 18.5. The van der Waals surface area contributed by atoms with Crippen molar-refractivity contribution in [3.05, 3.63) is 36.3 Å². The van der Waals surface area contributed by atoms with Gasteiger partial charge in [-0.3, -0.25) is 9.69 Å². The number of benzene rings is 1. The van der Waals surface area contributed by atoms with Crippen LogP contribution in [0.4, 0.5) is 5.82 Å². The second-order valence-corrected chi connectivity index (χ2v) is 8.14. The monoisotopic (exact) mass is 449 g/mol. The van der Waals surface area contributed by atoms with Crippen LogP contribution < -0.4 is 10.1 Å². The molecule has 0 aliphatic carbocycles. The van der Waals surface area contributed by atoms with Crippen molar-refractivity contribution in [3.63, 3.8) is 0 Å². The molecule has 2 aliphatic rings. The number of hydrogen-bond donors (Lipinski definition) is 1. The summed E-state index contributed by atoms with van der Waals surface area (Å²) in [5.41, 5.74) is 1.25. The minimum absolute atomic E-state index is 0.137. The summed E-state index contributed by atoms with van der Waals surface area (Å²) in [5.74, 6) is 0.607. The molecule has 2 saturated heterocycles. The molecule has 4 rings (SSSR count). The zero-order chi connectivity index (χ0) is 23.0. The minimum atomic E-state index is -0.220. The molecule has 3 heterocycles. The molecule has 0 saturated carbocycles. The molecule has 1 amide bonds. The van der Waals surface area contributed by atoms with Crippen molar-refractivity contribution in [3.8, 4) is 23.7 Å². The Morgan fingerprint density at radius 3 is 2.88 bits per heavy atom. The molecule has 1 aromatic heterocycles. The molecule has 1 N–H and O–H groups in total. The van der Waals surface area contributed by atoms with Crippen LogP contribution in [0.25, 0.3) is 5.69 Å². The van der Waals surface area contributed by atoms with E-state index in [1.165, 1.54) is 0 Å². The van der Waals surface area contributed by atoms with Crippen molar-refractivity contribution in [1.82, 2.24) is 19.4 Å². The minimum Gasteiger partial charge on any atom is -0.492 e. The number of amides is 1. The van der Waals surface area contributed by atoms with Gasteiger partial charge >= 0.3 is 0 Å². The molecule has 2 aromatic rings. The van der Waals surface area contributed by atoms with Gasteiger partial charge in [0.25, 0.3) is 0 Å². The van der Waals surface area contributed by atoms with Gasteiger partial charge in [-0.2, -0.15) is 10.5 Å². The number of carbonyl (C=O) groups is 1. The van der Waals surface area contributed by atoms with Crippen molar-refractivity contribution in [2.45, 2.75) is 12.8 Å². The van der Waals surface area contributed by atoms with Gasteiger partial charge in [0.2, 0.25) is 5.91 Å². The lowest BCUT2D eigenvalue weighted by Crippen LogP contribution is -2.37. The maximum Gasteiger partial charge on any atom is 0.230 e. The number of nitrogens with zero attached hydrogens (tertiary/aromatic N) is 6. The van der Waals surface area contributed by atoms with Gasteiger partial charge in [0, 0.05) is 38.8 Å². The van der Waals surface area contributed by atoms with E-state index in [9.17, 15) is 10.1 Å². The van der Waals surface area contributed by atoms with Crippen LogP contribution in [0, 0.1) is 28.7 Å². The first kappa shape index (κ1) is 22.6. The van der Waals surface area contributed by atoms with Gasteiger partial charge in [-0.15, -0.1) is 0 Å². The van der Waals surface area contributed by atoms with E-state index in [4.69, 9.17) is 14.7 Å². The molecule has 1 aromatic carbocycles. The lowest BCUT2D eigenvalue weighted by atomic mass is 10.1. The molecule has 10 heteroatoms. The Bertz CT molecular complexity index is 1050. The van der Waals surface area contributed by atoms with Crippen LogP contribution >= 0.6 is 0 Å². The SMILES string of the molecule is N#Cc1ccc(-n2cnc(NC(=O)[C@H]3CCN(C#N)C3)c2)cc1OCCCN1CCOCC1. The molecule has 0 bridgehead atoms. The first-order valence-corrected chi connectivity index (χ1v) is 11.1. The van der Waals surface area contributed by atoms with Crippen molar-refractivity contribution in [1.29, 1.82) is 10.5 Å². The Kier molecular flexibility index (Phi) is 7.40. The van der Waals surface area contributed by atoms with E-state index in [0.717, 1.165) is 45.0 Å². The summed E-state index contributed by atoms with van der Waals surface area (Å²) < 4.78 is 13.1. The van der Waals surface area contributed by atoms with Gasteiger partial charge < -0.3 is 24.3 Å². The van der Waals surface area contributed by atoms with Crippen molar-refractivity contribution in [2.75, 3.05) is 57.9 Å². The first-order valence-electron chi connectivity index (χ1n) is 11.1. The molecule has 0 unspecified atom stereocenters. The fourth-order valence-corrected chi connectivity index (χ4v) is 4.00. The number of hydrogen-bond acceptors (Lipinski definition) is 8. The lowest BCUT2D eigenvalue weighted by Gasteiger charge is -2.26. The summed E-state index contributed by atoms with van der Waals surface area (Å²) >= 11 is 0. The van der Waals surface area contributed by atoms with Gasteiger partial charge in [-0.25, -0.2) is 4.98 Å². The van der Waals surface area contributed by atoms with Crippen LogP contribution in [0.3, 0.4) is 0 Å². The summed E-state index contributed by atoms with van der Waals surface area (Å²) in [4.78, 5) is 20.7. The van der Waals surface area contributed by atoms with Crippen molar-refractivity contribution >= 4 is 11.7 Å². The highest BCUT2D eigenvalue weighted by atomic mass is 16.5. The van der Waals surface area contributed by atoms with E-state index in [0.29, 0.717) is 43.2 Å². The Labute approximate surface area is 192 Å². The molecule has 10 nitrogen and oxygen atoms in total. The topological polar surface area (TPSA) is 119 Å². The molecular formula is C23H27N7O3. The van der Waals surface area contributed by atoms with Crippen molar-refractivity contribution in [2.24, 2.45) is 5.92 Å². The largest absolute Gasteiger partial charge is 0.492 e. The van der Waals surface area contributed by atoms with Crippen LogP contribution in [0.2, 0.25) is 0 Å². The maximum atomic E-state index is 12.5. The third-order valence-electron chi connectivity index (χ3n) is 5.90. The molecule has 2 aliphatic heterocycles. The summed E-state index contributed by atoms with van der Waals surface area (Å²) in [6.07, 6.45) is 6.92. The standard InChI is InChI=1S/C23H27N7O3/c24-13-18-2-3-20(12-21(18)33-9-1-5-28-7-10-32-11-8-28)30-15-22(26-17-30)27-23(31)19-4-6-29(14-19)16-25/h2-3,12,15,17,19H,1,4-11,14H2,(H,27,31)/t19-/m0/s1. The van der Waals surface area contributed by atoms with E-state index in [1.54, 1.807) is 28.1 Å². The molecule has 33 heavy (non-hydrogen) atoms. The fourth-order valence-electron chi connectivity index (χ4n) is 4.00. The van der Waals surface area contributed by atoms with E-state index in [2.05, 4.69) is 27.5 Å². The number of anilines is 1. The zero-order valence-corrected chi connectivity index (χ0v) is 18.4. The van der Waals surface area contributed by atoms with E-state index in [-0.39, 0.29) is 11.8 Å². The summed E-state index contributed by atoms with van der Waals surface area (Å²) in [6, 6.07) is 7.52. The van der Waals surface area contributed by atoms with E-state index in [1.807, 2.05) is 12.1 Å². The molecular weight excluding hydrogens is 422 g/mol. The molecule has 1 atom stereocenters. The third-order valence-corrected chi connectivity index (χ3v) is 5.90. The van der Waals surface area contributed by atoms with Crippen LogP contribution in [0.5, 0.6) is 5.75 Å². The van der Waals surface area contributed by atoms with Gasteiger partial charge in [-0.1, -0.05) is 0 Å². The highest BCUT2D eigenvalue weighted by Gasteiger charge is 2.28. The summed E-state index contributed by atoms with van der Waals surface area (Å²) in [6.45, 7) is 5.91. The molecule has 172 valence electrons. The van der Waals surface area contributed by atoms with Crippen LogP contribution in [0.15, 0.2) is 30.7 Å². The maximum absolute atomic E-state index is 12.5. The van der Waals surface area contributed by atoms with Crippen LogP contribution in [-0.2, 0) is 9.53 Å². The second kappa shape index (κ2) is 10.8. The number of likely N-dealkylation sites (tertiary alicyclic amines) is 1. The number of morpholine rings is 1. The number of nitriles is 2. The predicted octanol–water partition coefficient (Wildman–Crippen LogP) is 1.59. The number of carbonyl (C=O) groups excluding carboxylic acids is 1. The quantitative estimate of drug-likeness (QED) is 0.477. The second-order valence-electron chi connectivity index (χ2n) is 8.14. The molecule has 0 spiro atoms. The summed E-state index contributed by atoms with van der Waals surface area (Å²) in [5, 5.41) is 21.2. The van der Waals surface area contributed by atoms with Gasteiger partial charge in [0.1, 0.15) is 18.1 Å². The smallest absolute Gasteiger partial charge is 0.230 e. The number of ether oxygens (including phenoxy) is 2. The van der Waals surface area contributed by atoms with E-state index < -0.39 is 0 Å². The van der Waals surface area contributed by atoms with Gasteiger partial charge in [0.05, 0.1) is 43.2 Å². The lowest BCUT2D eigenvalue weighted by molar-refractivity contribution is -0.119. The first-order chi connectivity index (χ1) is 16.2. The van der Waals surface area contributed by atoms with E-state index >= 15 is 0 Å². The Hall–Kier alpha value is -3.60. The molecule has 0 radical (unpaired) electrons. The molecule has 2 fully saturated rings. The Balaban J connectivity index is 1.35. The Morgan fingerprint density at radius 1 is 1.27 bits per heavy atom. The van der Waals surface area contributed by atoms with Crippen molar-refractivity contribution < 1.29 is 14.3 Å². The van der Waals surface area contributed by atoms with Gasteiger partial charge in [0.15, 0.2) is 12.0 Å². The van der Waals surface area contributed by atoms with Gasteiger partial charge in [-0.05, 0) is 25.0 Å². The Morgan fingerprint density at radius 2 is 2.12 bits per heavy atom. The summed E-state index contributed by atoms with van der Waals surface area (Å²) in [7, 11) is 0. The number of rotatable bonds is 8. The number of imidazole rings is 1. The third kappa shape index (κ3) is 5.80. The average Bonchev–Trinajstić information content (AvgIpc) is 3.52. The highest BCUT2D eigenvalue weighted by molar-refractivity contribution is 5.92. The van der Waals surface area contributed by atoms with Crippen LogP contribution in [0.1, 0.15) is 18.4 Å². The predicted molar refractivity (Wildman–Crippen MR) is 120 cm³/mol. The zero-order valence-electron chi connectivity index (χ0n) is 18.4. The number of nitrogens with one attached hydrogen (secondary N) is 1. The highest BCUT2D eigenvalue weighted by Crippen LogP contribution is 2.24.